The Bertz CT molecular complexity index is 1090. The second-order valence-electron chi connectivity index (χ2n) is 5.51. The summed E-state index contributed by atoms with van der Waals surface area (Å²) in [5.41, 5.74) is 8.99. The van der Waals surface area contributed by atoms with Gasteiger partial charge in [-0.25, -0.2) is 9.97 Å². The van der Waals surface area contributed by atoms with Gasteiger partial charge in [-0.15, -0.1) is 0 Å². The number of nitrogens with one attached hydrogen (secondary N) is 2. The number of aromatic nitrogens is 3. The van der Waals surface area contributed by atoms with Gasteiger partial charge in [-0.05, 0) is 17.7 Å². The maximum absolute atomic E-state index is 12.3. The van der Waals surface area contributed by atoms with Gasteiger partial charge in [-0.3, -0.25) is 10.1 Å². The van der Waals surface area contributed by atoms with Crippen LogP contribution in [0.2, 0.25) is 0 Å². The molecule has 4 N–H and O–H groups in total. The molecule has 0 atom stereocenters. The molecule has 1 amide bonds. The molecule has 0 aliphatic carbocycles. The molecule has 0 unspecified atom stereocenters. The van der Waals surface area contributed by atoms with E-state index in [9.17, 15) is 4.79 Å². The summed E-state index contributed by atoms with van der Waals surface area (Å²) in [5.74, 6) is 0.659. The number of methoxy groups -OCH3 is 1. The summed E-state index contributed by atoms with van der Waals surface area (Å²) in [7, 11) is 1.59. The van der Waals surface area contributed by atoms with E-state index in [4.69, 9.17) is 10.5 Å². The molecule has 2 aromatic heterocycles. The normalized spacial score (nSPS) is 10.8. The number of thiazole rings is 1. The van der Waals surface area contributed by atoms with Crippen LogP contribution in [-0.2, 0) is 0 Å². The maximum Gasteiger partial charge on any atom is 0.269 e. The number of nitrogens with two attached hydrogens (primary N) is 1. The van der Waals surface area contributed by atoms with E-state index < -0.39 is 0 Å². The summed E-state index contributed by atoms with van der Waals surface area (Å²) < 4.78 is 5.42. The molecule has 7 nitrogen and oxygen atoms in total. The number of benzene rings is 2. The molecule has 4 aromatic rings. The highest BCUT2D eigenvalue weighted by Crippen LogP contribution is 2.34. The smallest absolute Gasteiger partial charge is 0.269 e. The first kappa shape index (κ1) is 16.1. The molecule has 8 heteroatoms. The van der Waals surface area contributed by atoms with Crippen LogP contribution in [0.5, 0.6) is 5.75 Å². The second-order valence-corrected chi connectivity index (χ2v) is 6.57. The Morgan fingerprint density at radius 1 is 1.23 bits per heavy atom. The van der Waals surface area contributed by atoms with E-state index in [1.165, 1.54) is 6.20 Å². The number of fused-ring (bicyclic) bond motifs is 1. The van der Waals surface area contributed by atoms with E-state index in [1.54, 1.807) is 7.11 Å². The maximum atomic E-state index is 12.3. The molecule has 0 saturated heterocycles. The number of carbonyl (C=O) groups is 1. The van der Waals surface area contributed by atoms with Gasteiger partial charge in [0.2, 0.25) is 5.95 Å². The zero-order valence-electron chi connectivity index (χ0n) is 13.8. The lowest BCUT2D eigenvalue weighted by atomic mass is 10.0. The number of anilines is 2. The standard InChI is InChI=1S/C18H15N5O2S/c1-25-12-8-7-11(10-5-3-2-4-6-10)14-15(12)22-18(21-14)23-16(24)13-9-20-17(19)26-13/h2-9H,1H3,(H2,19,20)(H2,21,22,23,24). The first-order chi connectivity index (χ1) is 12.7. The fourth-order valence-corrected chi connectivity index (χ4v) is 3.29. The Kier molecular flexibility index (Phi) is 4.02. The minimum atomic E-state index is -0.321. The average Bonchev–Trinajstić information content (AvgIpc) is 3.27. The topological polar surface area (TPSA) is 106 Å². The Morgan fingerprint density at radius 3 is 2.73 bits per heavy atom. The van der Waals surface area contributed by atoms with Gasteiger partial charge in [0, 0.05) is 5.56 Å². The molecular formula is C18H15N5O2S. The predicted octanol–water partition coefficient (Wildman–Crippen LogP) is 3.53. The van der Waals surface area contributed by atoms with Crippen molar-refractivity contribution in [1.29, 1.82) is 0 Å². The van der Waals surface area contributed by atoms with E-state index in [2.05, 4.69) is 20.3 Å². The quantitative estimate of drug-likeness (QED) is 0.513. The van der Waals surface area contributed by atoms with Crippen LogP contribution in [0.4, 0.5) is 11.1 Å². The summed E-state index contributed by atoms with van der Waals surface area (Å²) in [5, 5.41) is 3.09. The van der Waals surface area contributed by atoms with Crippen LogP contribution >= 0.6 is 11.3 Å². The lowest BCUT2D eigenvalue weighted by Crippen LogP contribution is -2.11. The van der Waals surface area contributed by atoms with Crippen LogP contribution in [0.15, 0.2) is 48.7 Å². The van der Waals surface area contributed by atoms with Crippen molar-refractivity contribution < 1.29 is 9.53 Å². The van der Waals surface area contributed by atoms with Crippen LogP contribution in [0.3, 0.4) is 0 Å². The SMILES string of the molecule is COc1ccc(-c2ccccc2)c2nc(NC(=O)c3cnc(N)s3)[nH]c12. The summed E-state index contributed by atoms with van der Waals surface area (Å²) >= 11 is 1.12. The largest absolute Gasteiger partial charge is 0.494 e. The first-order valence-electron chi connectivity index (χ1n) is 7.80. The first-order valence-corrected chi connectivity index (χ1v) is 8.62. The van der Waals surface area contributed by atoms with Crippen molar-refractivity contribution in [3.8, 4) is 16.9 Å². The van der Waals surface area contributed by atoms with E-state index in [0.29, 0.717) is 27.2 Å². The van der Waals surface area contributed by atoms with E-state index in [0.717, 1.165) is 28.0 Å². The van der Waals surface area contributed by atoms with Gasteiger partial charge in [0.25, 0.3) is 5.91 Å². The lowest BCUT2D eigenvalue weighted by Gasteiger charge is -2.05. The van der Waals surface area contributed by atoms with Gasteiger partial charge in [-0.2, -0.15) is 0 Å². The Balaban J connectivity index is 1.76. The molecule has 2 aromatic carbocycles. The number of H-pyrrole nitrogens is 1. The minimum Gasteiger partial charge on any atom is -0.494 e. The average molecular weight is 365 g/mol. The third-order valence-electron chi connectivity index (χ3n) is 3.89. The Morgan fingerprint density at radius 2 is 2.04 bits per heavy atom. The number of nitrogen functional groups attached to an aromatic ring is 1. The molecule has 0 aliphatic heterocycles. The van der Waals surface area contributed by atoms with Crippen LogP contribution in [0.25, 0.3) is 22.2 Å². The predicted molar refractivity (Wildman–Crippen MR) is 103 cm³/mol. The summed E-state index contributed by atoms with van der Waals surface area (Å²) in [6.07, 6.45) is 1.44. The Hall–Kier alpha value is -3.39. The van der Waals surface area contributed by atoms with Crippen molar-refractivity contribution in [1.82, 2.24) is 15.0 Å². The molecule has 130 valence electrons. The third kappa shape index (κ3) is 2.86. The summed E-state index contributed by atoms with van der Waals surface area (Å²) in [6.45, 7) is 0. The van der Waals surface area contributed by atoms with Crippen molar-refractivity contribution >= 4 is 39.4 Å². The molecule has 26 heavy (non-hydrogen) atoms. The van der Waals surface area contributed by atoms with Crippen LogP contribution in [0.1, 0.15) is 9.67 Å². The lowest BCUT2D eigenvalue weighted by molar-refractivity contribution is 0.102. The molecule has 0 aliphatic rings. The molecule has 4 rings (SSSR count). The monoisotopic (exact) mass is 365 g/mol. The van der Waals surface area contributed by atoms with Gasteiger partial charge in [0.1, 0.15) is 21.7 Å². The molecule has 0 radical (unpaired) electrons. The minimum absolute atomic E-state index is 0.321. The molecule has 0 fully saturated rings. The molecule has 0 saturated carbocycles. The zero-order chi connectivity index (χ0) is 18.1. The van der Waals surface area contributed by atoms with Crippen molar-refractivity contribution in [3.05, 3.63) is 53.5 Å². The van der Waals surface area contributed by atoms with Gasteiger partial charge in [0.15, 0.2) is 5.13 Å². The number of carbonyl (C=O) groups excluding carboxylic acids is 1. The van der Waals surface area contributed by atoms with Crippen molar-refractivity contribution in [2.24, 2.45) is 0 Å². The number of imidazole rings is 1. The van der Waals surface area contributed by atoms with Crippen LogP contribution < -0.4 is 15.8 Å². The van der Waals surface area contributed by atoms with Gasteiger partial charge in [-0.1, -0.05) is 41.7 Å². The van der Waals surface area contributed by atoms with E-state index >= 15 is 0 Å². The van der Waals surface area contributed by atoms with E-state index in [-0.39, 0.29) is 5.91 Å². The highest BCUT2D eigenvalue weighted by Gasteiger charge is 2.16. The van der Waals surface area contributed by atoms with E-state index in [1.807, 2.05) is 42.5 Å². The number of hydrogen-bond acceptors (Lipinski definition) is 6. The fraction of sp³-hybridized carbons (Fsp3) is 0.0556. The number of nitrogens with zero attached hydrogens (tertiary/aromatic N) is 2. The number of rotatable bonds is 4. The third-order valence-corrected chi connectivity index (χ3v) is 4.72. The number of ether oxygens (including phenoxy) is 1. The van der Waals surface area contributed by atoms with Crippen molar-refractivity contribution in [3.63, 3.8) is 0 Å². The van der Waals surface area contributed by atoms with Gasteiger partial charge in [0.05, 0.1) is 13.3 Å². The number of aromatic amines is 1. The highest BCUT2D eigenvalue weighted by molar-refractivity contribution is 7.17. The zero-order valence-corrected chi connectivity index (χ0v) is 14.6. The summed E-state index contributed by atoms with van der Waals surface area (Å²) in [6, 6.07) is 13.7. The van der Waals surface area contributed by atoms with Crippen molar-refractivity contribution in [2.75, 3.05) is 18.2 Å². The molecule has 0 bridgehead atoms. The molecule has 2 heterocycles. The second kappa shape index (κ2) is 6.49. The van der Waals surface area contributed by atoms with Crippen LogP contribution in [-0.4, -0.2) is 28.0 Å². The number of amides is 1. The van der Waals surface area contributed by atoms with Gasteiger partial charge < -0.3 is 15.5 Å². The Labute approximate surface area is 152 Å². The highest BCUT2D eigenvalue weighted by atomic mass is 32.1. The fourth-order valence-electron chi connectivity index (χ4n) is 2.71. The molecule has 0 spiro atoms. The summed E-state index contributed by atoms with van der Waals surface area (Å²) in [4.78, 5) is 24.3. The number of hydrogen-bond donors (Lipinski definition) is 3. The van der Waals surface area contributed by atoms with Gasteiger partial charge >= 0.3 is 0 Å². The molecular weight excluding hydrogens is 350 g/mol. The van der Waals surface area contributed by atoms with Crippen molar-refractivity contribution in [2.45, 2.75) is 0 Å². The van der Waals surface area contributed by atoms with Crippen LogP contribution in [0, 0.1) is 0 Å².